The minimum Gasteiger partial charge on any atom is -0.381 e. The number of imide groups is 1. The first-order valence-electron chi connectivity index (χ1n) is 11.1. The maximum atomic E-state index is 13.5. The average molecular weight is 414 g/mol. The van der Waals surface area contributed by atoms with Crippen molar-refractivity contribution < 1.29 is 19.1 Å². The van der Waals surface area contributed by atoms with Crippen LogP contribution in [0.15, 0.2) is 30.3 Å². The summed E-state index contributed by atoms with van der Waals surface area (Å²) in [5.74, 6) is 0.433. The maximum absolute atomic E-state index is 13.5. The number of nitrogens with zero attached hydrogens (tertiary/aromatic N) is 3. The van der Waals surface area contributed by atoms with Gasteiger partial charge < -0.3 is 14.5 Å². The second kappa shape index (κ2) is 8.76. The fraction of sp³-hybridized carbons (Fsp3) is 0.609. The van der Waals surface area contributed by atoms with Gasteiger partial charge in [0, 0.05) is 32.8 Å². The molecule has 3 fully saturated rings. The molecule has 1 aliphatic carbocycles. The lowest BCUT2D eigenvalue weighted by molar-refractivity contribution is -0.141. The van der Waals surface area contributed by atoms with Crippen molar-refractivity contribution in [1.29, 1.82) is 0 Å². The normalized spacial score (nSPS) is 21.0. The molecule has 1 aromatic carbocycles. The molecular weight excluding hydrogens is 382 g/mol. The Morgan fingerprint density at radius 1 is 1.13 bits per heavy atom. The number of urea groups is 1. The standard InChI is InChI=1S/C23H31N3O4/c1-2-30-15-10-20(27)24-13-11-23(12-14-24)21(28)25(16-19-8-9-19)22(29)26(23)17-18-6-4-3-5-7-18/h3-7,19H,2,8-17H2,1H3. The number of hydrogen-bond donors (Lipinski definition) is 0. The molecule has 4 rings (SSSR count). The van der Waals surface area contributed by atoms with Crippen molar-refractivity contribution in [2.24, 2.45) is 5.92 Å². The first kappa shape index (κ1) is 20.8. The van der Waals surface area contributed by atoms with Crippen LogP contribution < -0.4 is 0 Å². The summed E-state index contributed by atoms with van der Waals surface area (Å²) in [5, 5.41) is 0. The number of rotatable bonds is 8. The van der Waals surface area contributed by atoms with Gasteiger partial charge in [-0.3, -0.25) is 14.5 Å². The molecule has 2 heterocycles. The molecule has 3 aliphatic rings. The van der Waals surface area contributed by atoms with E-state index in [1.807, 2.05) is 42.2 Å². The molecule has 7 heteroatoms. The molecule has 0 unspecified atom stereocenters. The number of benzene rings is 1. The van der Waals surface area contributed by atoms with Crippen LogP contribution in [-0.4, -0.2) is 70.9 Å². The summed E-state index contributed by atoms with van der Waals surface area (Å²) in [6.07, 6.45) is 3.52. The predicted octanol–water partition coefficient (Wildman–Crippen LogP) is 2.65. The van der Waals surface area contributed by atoms with Gasteiger partial charge in [-0.2, -0.15) is 0 Å². The molecule has 0 atom stereocenters. The van der Waals surface area contributed by atoms with Gasteiger partial charge in [0.15, 0.2) is 0 Å². The van der Waals surface area contributed by atoms with Crippen LogP contribution in [0.1, 0.15) is 44.6 Å². The topological polar surface area (TPSA) is 70.2 Å². The van der Waals surface area contributed by atoms with Gasteiger partial charge in [-0.05, 0) is 44.1 Å². The first-order valence-corrected chi connectivity index (χ1v) is 11.1. The zero-order valence-corrected chi connectivity index (χ0v) is 17.7. The van der Waals surface area contributed by atoms with E-state index >= 15 is 0 Å². The number of carbonyl (C=O) groups is 3. The summed E-state index contributed by atoms with van der Waals surface area (Å²) in [5.41, 5.74) is 0.180. The van der Waals surface area contributed by atoms with E-state index in [4.69, 9.17) is 4.74 Å². The van der Waals surface area contributed by atoms with Gasteiger partial charge in [0.1, 0.15) is 5.54 Å². The molecule has 7 nitrogen and oxygen atoms in total. The van der Waals surface area contributed by atoms with E-state index < -0.39 is 5.54 Å². The SMILES string of the molecule is CCOCCC(=O)N1CCC2(CC1)C(=O)N(CC1CC1)C(=O)N2Cc1ccccc1. The molecule has 2 aliphatic heterocycles. The zero-order valence-electron chi connectivity index (χ0n) is 17.7. The van der Waals surface area contributed by atoms with Crippen molar-refractivity contribution in [3.63, 3.8) is 0 Å². The molecule has 0 bridgehead atoms. The van der Waals surface area contributed by atoms with Crippen LogP contribution in [0.3, 0.4) is 0 Å². The minimum atomic E-state index is -0.835. The highest BCUT2D eigenvalue weighted by Crippen LogP contribution is 2.41. The Morgan fingerprint density at radius 3 is 2.47 bits per heavy atom. The third-order valence-corrected chi connectivity index (χ3v) is 6.55. The van der Waals surface area contributed by atoms with Gasteiger partial charge >= 0.3 is 6.03 Å². The van der Waals surface area contributed by atoms with Crippen LogP contribution >= 0.6 is 0 Å². The molecule has 2 saturated heterocycles. The average Bonchev–Trinajstić information content (AvgIpc) is 3.57. The Bertz CT molecular complexity index is 785. The number of likely N-dealkylation sites (tertiary alicyclic amines) is 1. The summed E-state index contributed by atoms with van der Waals surface area (Å²) in [6.45, 7) is 4.86. The number of amides is 4. The quantitative estimate of drug-likeness (QED) is 0.485. The third-order valence-electron chi connectivity index (χ3n) is 6.55. The largest absolute Gasteiger partial charge is 0.381 e. The van der Waals surface area contributed by atoms with Crippen LogP contribution in [0.5, 0.6) is 0 Å². The van der Waals surface area contributed by atoms with Crippen LogP contribution in [0, 0.1) is 5.92 Å². The zero-order chi connectivity index (χ0) is 21.1. The highest BCUT2D eigenvalue weighted by Gasteiger charge is 2.58. The van der Waals surface area contributed by atoms with Gasteiger partial charge in [0.2, 0.25) is 5.91 Å². The highest BCUT2D eigenvalue weighted by atomic mass is 16.5. The summed E-state index contributed by atoms with van der Waals surface area (Å²) in [4.78, 5) is 44.3. The fourth-order valence-corrected chi connectivity index (χ4v) is 4.56. The van der Waals surface area contributed by atoms with E-state index in [2.05, 4.69) is 0 Å². The number of piperidine rings is 1. The molecule has 0 radical (unpaired) electrons. The molecule has 4 amide bonds. The molecular formula is C23H31N3O4. The predicted molar refractivity (Wildman–Crippen MR) is 111 cm³/mol. The van der Waals surface area contributed by atoms with Crippen molar-refractivity contribution in [3.8, 4) is 0 Å². The van der Waals surface area contributed by atoms with Gasteiger partial charge in [-0.15, -0.1) is 0 Å². The first-order chi connectivity index (χ1) is 14.5. The lowest BCUT2D eigenvalue weighted by Gasteiger charge is -2.42. The molecule has 162 valence electrons. The summed E-state index contributed by atoms with van der Waals surface area (Å²) < 4.78 is 5.30. The van der Waals surface area contributed by atoms with Crippen molar-refractivity contribution in [1.82, 2.24) is 14.7 Å². The van der Waals surface area contributed by atoms with Crippen molar-refractivity contribution in [3.05, 3.63) is 35.9 Å². The van der Waals surface area contributed by atoms with Gasteiger partial charge in [0.25, 0.3) is 5.91 Å². The Labute approximate surface area is 177 Å². The Morgan fingerprint density at radius 2 is 1.83 bits per heavy atom. The summed E-state index contributed by atoms with van der Waals surface area (Å²) >= 11 is 0. The van der Waals surface area contributed by atoms with E-state index in [9.17, 15) is 14.4 Å². The highest BCUT2D eigenvalue weighted by molar-refractivity contribution is 6.07. The van der Waals surface area contributed by atoms with Crippen LogP contribution in [0.25, 0.3) is 0 Å². The van der Waals surface area contributed by atoms with E-state index in [1.165, 1.54) is 4.90 Å². The number of hydrogen-bond acceptors (Lipinski definition) is 4. The smallest absolute Gasteiger partial charge is 0.327 e. The van der Waals surface area contributed by atoms with Gasteiger partial charge in [-0.1, -0.05) is 30.3 Å². The minimum absolute atomic E-state index is 0.0551. The van der Waals surface area contributed by atoms with Crippen molar-refractivity contribution in [2.45, 2.75) is 51.1 Å². The molecule has 1 saturated carbocycles. The summed E-state index contributed by atoms with van der Waals surface area (Å²) in [7, 11) is 0. The fourth-order valence-electron chi connectivity index (χ4n) is 4.56. The van der Waals surface area contributed by atoms with Crippen LogP contribution in [0.2, 0.25) is 0 Å². The lowest BCUT2D eigenvalue weighted by Crippen LogP contribution is -2.57. The molecule has 1 aromatic rings. The van der Waals surface area contributed by atoms with E-state index in [1.54, 1.807) is 4.90 Å². The third kappa shape index (κ3) is 4.08. The van der Waals surface area contributed by atoms with E-state index in [-0.39, 0.29) is 17.8 Å². The second-order valence-corrected chi connectivity index (χ2v) is 8.57. The van der Waals surface area contributed by atoms with Crippen molar-refractivity contribution >= 4 is 17.8 Å². The molecule has 30 heavy (non-hydrogen) atoms. The van der Waals surface area contributed by atoms with E-state index in [0.717, 1.165) is 18.4 Å². The van der Waals surface area contributed by atoms with Crippen LogP contribution in [0.4, 0.5) is 4.79 Å². The van der Waals surface area contributed by atoms with Crippen LogP contribution in [-0.2, 0) is 20.9 Å². The van der Waals surface area contributed by atoms with Gasteiger partial charge in [0.05, 0.1) is 13.0 Å². The Kier molecular flexibility index (Phi) is 6.09. The Hall–Kier alpha value is -2.41. The second-order valence-electron chi connectivity index (χ2n) is 8.57. The van der Waals surface area contributed by atoms with Gasteiger partial charge in [-0.25, -0.2) is 4.79 Å². The lowest BCUT2D eigenvalue weighted by atomic mass is 9.85. The van der Waals surface area contributed by atoms with Crippen molar-refractivity contribution in [2.75, 3.05) is 32.8 Å². The molecule has 0 aromatic heterocycles. The molecule has 0 N–H and O–H groups in total. The van der Waals surface area contributed by atoms with E-state index in [0.29, 0.717) is 64.6 Å². The molecule has 1 spiro atoms. The Balaban J connectivity index is 1.50. The maximum Gasteiger partial charge on any atom is 0.327 e. The summed E-state index contributed by atoms with van der Waals surface area (Å²) in [6, 6.07) is 9.65. The number of carbonyl (C=O) groups excluding carboxylic acids is 3. The number of ether oxygens (including phenoxy) is 1. The monoisotopic (exact) mass is 413 g/mol.